The number of benzene rings is 4. The number of piperazine rings is 1. The zero-order chi connectivity index (χ0) is 46.5. The van der Waals surface area contributed by atoms with Crippen LogP contribution in [0.3, 0.4) is 0 Å². The predicted molar refractivity (Wildman–Crippen MR) is 251 cm³/mol. The van der Waals surface area contributed by atoms with Crippen molar-refractivity contribution in [3.8, 4) is 5.75 Å². The van der Waals surface area contributed by atoms with E-state index >= 15 is 0 Å². The SMILES string of the molecule is CC(=NCC(=O)CCONC(=O)CCN1C(=O)C=CC1=O)c1ccc(C(=O)Cc2ccc3[nH]c(C(=O)N4C[C@@H](CBr)c5c4cc(OC(=O)N4CCN(C)CC4)c4ccccc54)cc3c2)cc1. The Morgan fingerprint density at radius 1 is 0.864 bits per heavy atom. The third-order valence-electron chi connectivity index (χ3n) is 12.0. The van der Waals surface area contributed by atoms with E-state index in [9.17, 15) is 33.6 Å². The Labute approximate surface area is 388 Å². The topological polar surface area (TPSA) is 191 Å². The summed E-state index contributed by atoms with van der Waals surface area (Å²) in [5.74, 6) is -1.58. The van der Waals surface area contributed by atoms with Crippen molar-refractivity contribution in [2.75, 3.05) is 69.7 Å². The van der Waals surface area contributed by atoms with Gasteiger partial charge in [0, 0.05) is 116 Å². The molecule has 0 saturated carbocycles. The molecule has 2 N–H and O–H groups in total. The van der Waals surface area contributed by atoms with Gasteiger partial charge in [-0.05, 0) is 54.2 Å². The number of imide groups is 1. The molecule has 17 heteroatoms. The normalized spacial score (nSPS) is 16.4. The van der Waals surface area contributed by atoms with Crippen LogP contribution in [0, 0.1) is 0 Å². The zero-order valence-electron chi connectivity index (χ0n) is 36.5. The van der Waals surface area contributed by atoms with E-state index < -0.39 is 23.8 Å². The quantitative estimate of drug-likeness (QED) is 0.0307. The number of anilines is 1. The molecule has 3 aliphatic heterocycles. The predicted octanol–water partition coefficient (Wildman–Crippen LogP) is 5.76. The molecule has 66 heavy (non-hydrogen) atoms. The van der Waals surface area contributed by atoms with Gasteiger partial charge in [-0.3, -0.25) is 43.5 Å². The molecule has 1 atom stereocenters. The maximum atomic E-state index is 14.4. The molecule has 4 aromatic carbocycles. The van der Waals surface area contributed by atoms with Gasteiger partial charge in [-0.15, -0.1) is 0 Å². The number of hydrogen-bond acceptors (Lipinski definition) is 11. The largest absolute Gasteiger partial charge is 0.415 e. The smallest absolute Gasteiger partial charge is 0.409 e. The van der Waals surface area contributed by atoms with E-state index in [2.05, 4.69) is 36.3 Å². The van der Waals surface area contributed by atoms with Crippen molar-refractivity contribution in [1.82, 2.24) is 25.2 Å². The highest BCUT2D eigenvalue weighted by atomic mass is 79.9. The molecule has 0 radical (unpaired) electrons. The molecular formula is C49H48BrN7O9. The van der Waals surface area contributed by atoms with Crippen LogP contribution in [0.25, 0.3) is 21.7 Å². The van der Waals surface area contributed by atoms with Gasteiger partial charge < -0.3 is 24.4 Å². The molecule has 16 nitrogen and oxygen atoms in total. The average Bonchev–Trinajstić information content (AvgIpc) is 4.02. The third kappa shape index (κ3) is 10.2. The van der Waals surface area contributed by atoms with Crippen molar-refractivity contribution in [3.63, 3.8) is 0 Å². The highest BCUT2D eigenvalue weighted by molar-refractivity contribution is 9.09. The number of halogens is 1. The second-order valence-corrected chi connectivity index (χ2v) is 17.2. The van der Waals surface area contributed by atoms with Crippen molar-refractivity contribution < 1.29 is 43.1 Å². The summed E-state index contributed by atoms with van der Waals surface area (Å²) >= 11 is 3.69. The van der Waals surface area contributed by atoms with E-state index in [4.69, 9.17) is 9.57 Å². The zero-order valence-corrected chi connectivity index (χ0v) is 38.1. The summed E-state index contributed by atoms with van der Waals surface area (Å²) in [6.07, 6.45) is 1.88. The lowest BCUT2D eigenvalue weighted by molar-refractivity contribution is -0.139. The maximum Gasteiger partial charge on any atom is 0.415 e. The first kappa shape index (κ1) is 45.7. The Morgan fingerprint density at radius 3 is 2.30 bits per heavy atom. The van der Waals surface area contributed by atoms with Crippen molar-refractivity contribution >= 4 is 90.3 Å². The van der Waals surface area contributed by atoms with Crippen LogP contribution in [-0.2, 0) is 30.4 Å². The Bertz CT molecular complexity index is 2790. The number of aromatic amines is 1. The maximum absolute atomic E-state index is 14.4. The number of hydrogen-bond donors (Lipinski definition) is 2. The van der Waals surface area contributed by atoms with Crippen LogP contribution in [0.5, 0.6) is 5.75 Å². The van der Waals surface area contributed by atoms with Gasteiger partial charge in [0.05, 0.1) is 18.8 Å². The Balaban J connectivity index is 0.863. The van der Waals surface area contributed by atoms with Crippen LogP contribution in [0.2, 0.25) is 0 Å². The van der Waals surface area contributed by atoms with Gasteiger partial charge in [0.2, 0.25) is 5.91 Å². The first-order chi connectivity index (χ1) is 31.9. The van der Waals surface area contributed by atoms with E-state index in [-0.39, 0.29) is 62.4 Å². The van der Waals surface area contributed by atoms with Crippen molar-refractivity contribution in [1.29, 1.82) is 0 Å². The second kappa shape index (κ2) is 20.1. The van der Waals surface area contributed by atoms with Crippen LogP contribution < -0.4 is 15.1 Å². The highest BCUT2D eigenvalue weighted by Crippen LogP contribution is 2.46. The molecule has 0 unspecified atom stereocenters. The number of nitrogens with zero attached hydrogens (tertiary/aromatic N) is 5. The van der Waals surface area contributed by atoms with Gasteiger partial charge in [-0.1, -0.05) is 70.5 Å². The summed E-state index contributed by atoms with van der Waals surface area (Å²) in [5, 5.41) is 3.17. The number of carbonyl (C=O) groups excluding carboxylic acids is 7. The number of Topliss-reactive ketones (excluding diaryl/α,β-unsaturated/α-hetero) is 2. The lowest BCUT2D eigenvalue weighted by Gasteiger charge is -2.31. The minimum absolute atomic E-state index is 0.00452. The lowest BCUT2D eigenvalue weighted by atomic mass is 9.95. The lowest BCUT2D eigenvalue weighted by Crippen LogP contribution is -2.48. The van der Waals surface area contributed by atoms with E-state index in [0.29, 0.717) is 53.4 Å². The number of ketones is 2. The number of fused-ring (bicyclic) bond motifs is 4. The average molecular weight is 959 g/mol. The van der Waals surface area contributed by atoms with Crippen molar-refractivity contribution in [3.05, 3.63) is 119 Å². The fraction of sp³-hybridized carbons (Fsp3) is 0.306. The molecule has 0 aliphatic carbocycles. The Morgan fingerprint density at radius 2 is 1.58 bits per heavy atom. The highest BCUT2D eigenvalue weighted by Gasteiger charge is 2.36. The van der Waals surface area contributed by atoms with E-state index in [0.717, 1.165) is 68.5 Å². The molecule has 1 aromatic heterocycles. The third-order valence-corrected chi connectivity index (χ3v) is 12.8. The van der Waals surface area contributed by atoms with E-state index in [1.807, 2.05) is 55.6 Å². The molecule has 0 bridgehead atoms. The summed E-state index contributed by atoms with van der Waals surface area (Å²) < 4.78 is 6.07. The minimum atomic E-state index is -0.531. The molecule has 0 spiro atoms. The number of aliphatic imine (C=N–C) groups is 1. The fourth-order valence-corrected chi connectivity index (χ4v) is 8.82. The van der Waals surface area contributed by atoms with Gasteiger partial charge in [-0.2, -0.15) is 0 Å². The number of rotatable bonds is 16. The minimum Gasteiger partial charge on any atom is -0.409 e. The molecule has 3 aliphatic rings. The van der Waals surface area contributed by atoms with Gasteiger partial charge in [-0.25, -0.2) is 10.3 Å². The molecule has 1 fully saturated rings. The Hall–Kier alpha value is -6.82. The van der Waals surface area contributed by atoms with Crippen LogP contribution in [0.4, 0.5) is 10.5 Å². The summed E-state index contributed by atoms with van der Waals surface area (Å²) in [4.78, 5) is 108. The molecule has 340 valence electrons. The summed E-state index contributed by atoms with van der Waals surface area (Å²) in [6, 6.07) is 24.1. The van der Waals surface area contributed by atoms with Crippen LogP contribution in [-0.4, -0.2) is 131 Å². The van der Waals surface area contributed by atoms with Gasteiger partial charge in [0.1, 0.15) is 11.4 Å². The standard InChI is InChI=1S/C49H48BrN7O9/c1-30(51-28-36(58)16-22-65-53-44(60)15-17-56-45(61)13-14-46(56)62)32-8-10-33(11-9-32)42(59)24-31-7-12-39-34(23-31)25-40(52-39)48(63)57-29-35(27-50)47-38-6-4-3-5-37(38)43(26-41(47)57)66-49(64)55-20-18-54(2)19-21-55/h3-14,23,25-26,35,52H,15-22,24,27-29H2,1-2H3,(H,53,60)/t35-/m1/s1. The second-order valence-electron chi connectivity index (χ2n) is 16.5. The van der Waals surface area contributed by atoms with Crippen LogP contribution in [0.15, 0.2) is 96.0 Å². The molecule has 5 aromatic rings. The van der Waals surface area contributed by atoms with Gasteiger partial charge in [0.25, 0.3) is 17.7 Å². The monoisotopic (exact) mass is 957 g/mol. The number of aromatic nitrogens is 1. The molecule has 5 amide bonds. The number of ether oxygens (including phenoxy) is 1. The molecule has 4 heterocycles. The summed E-state index contributed by atoms with van der Waals surface area (Å²) in [6.45, 7) is 4.64. The summed E-state index contributed by atoms with van der Waals surface area (Å²) in [7, 11) is 2.03. The fourth-order valence-electron chi connectivity index (χ4n) is 8.29. The number of alkyl halides is 1. The van der Waals surface area contributed by atoms with Crippen LogP contribution >= 0.6 is 15.9 Å². The number of H-pyrrole nitrogens is 1. The van der Waals surface area contributed by atoms with E-state index in [1.54, 1.807) is 47.1 Å². The van der Waals surface area contributed by atoms with Crippen LogP contribution in [0.1, 0.15) is 63.2 Å². The van der Waals surface area contributed by atoms with E-state index in [1.165, 1.54) is 0 Å². The molecule has 8 rings (SSSR count). The first-order valence-electron chi connectivity index (χ1n) is 21.7. The number of likely N-dealkylation sites (N-methyl/N-ethyl adjacent to an activating group) is 1. The van der Waals surface area contributed by atoms with Crippen molar-refractivity contribution in [2.45, 2.75) is 32.1 Å². The summed E-state index contributed by atoms with van der Waals surface area (Å²) in [5.41, 5.74) is 7.73. The molecular weight excluding hydrogens is 910 g/mol. The van der Waals surface area contributed by atoms with Crippen molar-refractivity contribution in [2.24, 2.45) is 4.99 Å². The number of carbonyl (C=O) groups is 7. The van der Waals surface area contributed by atoms with Gasteiger partial charge in [0.15, 0.2) is 11.6 Å². The first-order valence-corrected chi connectivity index (χ1v) is 22.8. The molecule has 1 saturated heterocycles. The van der Waals surface area contributed by atoms with Gasteiger partial charge >= 0.3 is 6.09 Å². The number of hydroxylamine groups is 1. The number of amides is 5. The number of nitrogens with one attached hydrogen (secondary N) is 2. The Kier molecular flexibility index (Phi) is 14.0.